The number of carbonyl (C=O) groups is 1. The van der Waals surface area contributed by atoms with Gasteiger partial charge in [0.15, 0.2) is 10.1 Å². The smallest absolute Gasteiger partial charge is 0.178 e. The van der Waals surface area contributed by atoms with Gasteiger partial charge in [0.2, 0.25) is 0 Å². The van der Waals surface area contributed by atoms with Crippen molar-refractivity contribution in [3.63, 3.8) is 0 Å². The second-order valence-electron chi connectivity index (χ2n) is 4.77. The number of thioether (sulfide) groups is 1. The molecule has 1 unspecified atom stereocenters. The van der Waals surface area contributed by atoms with Gasteiger partial charge in [-0.3, -0.25) is 4.79 Å². The minimum atomic E-state index is -0.220. The van der Waals surface area contributed by atoms with Crippen LogP contribution in [-0.4, -0.2) is 33.3 Å². The topological polar surface area (TPSA) is 67.9 Å². The number of benzene rings is 1. The first-order valence-electron chi connectivity index (χ1n) is 6.77. The molecule has 7 heteroatoms. The number of Topliss-reactive ketones (excluding diaryl/α,β-unsaturated/α-hetero) is 1. The Kier molecular flexibility index (Phi) is 4.56. The standard InChI is InChI=1S/C15H15N3O2S2/c1-9(21-15-18-17-13(22-15)8-20-2)14(19)11-7-16-12-6-4-3-5-10(11)12/h3-7,9,16H,8H2,1-2H3. The van der Waals surface area contributed by atoms with Crippen molar-refractivity contribution >= 4 is 39.8 Å². The van der Waals surface area contributed by atoms with Crippen LogP contribution in [0.5, 0.6) is 0 Å². The molecule has 1 aromatic carbocycles. The summed E-state index contributed by atoms with van der Waals surface area (Å²) < 4.78 is 5.81. The van der Waals surface area contributed by atoms with Gasteiger partial charge in [-0.2, -0.15) is 0 Å². The maximum absolute atomic E-state index is 12.6. The van der Waals surface area contributed by atoms with Gasteiger partial charge in [0.1, 0.15) is 5.01 Å². The maximum atomic E-state index is 12.6. The highest BCUT2D eigenvalue weighted by Crippen LogP contribution is 2.30. The molecule has 0 aliphatic rings. The molecule has 0 saturated carbocycles. The molecule has 114 valence electrons. The third-order valence-electron chi connectivity index (χ3n) is 3.22. The van der Waals surface area contributed by atoms with Crippen LogP contribution in [0.4, 0.5) is 0 Å². The molecule has 0 spiro atoms. The summed E-state index contributed by atoms with van der Waals surface area (Å²) in [6, 6.07) is 7.81. The van der Waals surface area contributed by atoms with Gasteiger partial charge in [-0.1, -0.05) is 41.3 Å². The molecule has 3 aromatic rings. The van der Waals surface area contributed by atoms with E-state index in [-0.39, 0.29) is 11.0 Å². The normalized spacial score (nSPS) is 12.6. The number of methoxy groups -OCH3 is 1. The predicted octanol–water partition coefficient (Wildman–Crippen LogP) is 3.53. The summed E-state index contributed by atoms with van der Waals surface area (Å²) in [7, 11) is 1.62. The van der Waals surface area contributed by atoms with Crippen LogP contribution in [0, 0.1) is 0 Å². The first kappa shape index (κ1) is 15.2. The van der Waals surface area contributed by atoms with Crippen LogP contribution in [0.1, 0.15) is 22.3 Å². The van der Waals surface area contributed by atoms with E-state index in [1.165, 1.54) is 23.1 Å². The molecule has 3 rings (SSSR count). The van der Waals surface area contributed by atoms with Gasteiger partial charge in [-0.25, -0.2) is 0 Å². The zero-order valence-electron chi connectivity index (χ0n) is 12.2. The van der Waals surface area contributed by atoms with Crippen LogP contribution in [-0.2, 0) is 11.3 Å². The van der Waals surface area contributed by atoms with Crippen molar-refractivity contribution in [2.75, 3.05) is 7.11 Å². The van der Waals surface area contributed by atoms with Crippen molar-refractivity contribution in [1.82, 2.24) is 15.2 Å². The number of carbonyl (C=O) groups excluding carboxylic acids is 1. The number of hydrogen-bond acceptors (Lipinski definition) is 6. The molecular formula is C15H15N3O2S2. The number of nitrogens with zero attached hydrogens (tertiary/aromatic N) is 2. The Morgan fingerprint density at radius 1 is 1.41 bits per heavy atom. The Labute approximate surface area is 136 Å². The minimum absolute atomic E-state index is 0.0888. The van der Waals surface area contributed by atoms with Gasteiger partial charge in [0, 0.05) is 29.8 Å². The summed E-state index contributed by atoms with van der Waals surface area (Å²) in [6.07, 6.45) is 1.78. The molecule has 0 aliphatic carbocycles. The van der Waals surface area contributed by atoms with Gasteiger partial charge in [-0.15, -0.1) is 10.2 Å². The van der Waals surface area contributed by atoms with Crippen LogP contribution in [0.2, 0.25) is 0 Å². The lowest BCUT2D eigenvalue weighted by Gasteiger charge is -2.06. The lowest BCUT2D eigenvalue weighted by atomic mass is 10.1. The number of H-pyrrole nitrogens is 1. The maximum Gasteiger partial charge on any atom is 0.178 e. The molecule has 0 saturated heterocycles. The summed E-state index contributed by atoms with van der Waals surface area (Å²) >= 11 is 2.89. The zero-order chi connectivity index (χ0) is 15.5. The monoisotopic (exact) mass is 333 g/mol. The molecule has 0 bridgehead atoms. The SMILES string of the molecule is COCc1nnc(SC(C)C(=O)c2c[nH]c3ccccc23)s1. The molecule has 5 nitrogen and oxygen atoms in total. The number of ketones is 1. The lowest BCUT2D eigenvalue weighted by molar-refractivity contribution is 0.0995. The Balaban J connectivity index is 1.76. The quantitative estimate of drug-likeness (QED) is 0.552. The molecule has 22 heavy (non-hydrogen) atoms. The van der Waals surface area contributed by atoms with Crippen LogP contribution in [0.25, 0.3) is 10.9 Å². The molecule has 1 atom stereocenters. The molecule has 2 aromatic heterocycles. The van der Waals surface area contributed by atoms with Crippen LogP contribution >= 0.6 is 23.1 Å². The summed E-state index contributed by atoms with van der Waals surface area (Å²) in [4.78, 5) is 15.8. The number of fused-ring (bicyclic) bond motifs is 1. The van der Waals surface area contributed by atoms with Crippen molar-refractivity contribution in [3.05, 3.63) is 41.0 Å². The van der Waals surface area contributed by atoms with E-state index in [4.69, 9.17) is 4.74 Å². The zero-order valence-corrected chi connectivity index (χ0v) is 13.8. The van der Waals surface area contributed by atoms with Gasteiger partial charge in [0.05, 0.1) is 11.9 Å². The molecule has 0 aliphatic heterocycles. The molecule has 2 heterocycles. The van der Waals surface area contributed by atoms with Gasteiger partial charge >= 0.3 is 0 Å². The highest BCUT2D eigenvalue weighted by molar-refractivity contribution is 8.02. The predicted molar refractivity (Wildman–Crippen MR) is 88.6 cm³/mol. The van der Waals surface area contributed by atoms with Crippen LogP contribution in [0.15, 0.2) is 34.8 Å². The molecule has 0 fully saturated rings. The van der Waals surface area contributed by atoms with Crippen molar-refractivity contribution in [3.8, 4) is 0 Å². The Bertz CT molecular complexity index is 797. The second-order valence-corrected chi connectivity index (χ2v) is 7.42. The van der Waals surface area contributed by atoms with E-state index >= 15 is 0 Å². The first-order chi connectivity index (χ1) is 10.7. The highest BCUT2D eigenvalue weighted by Gasteiger charge is 2.21. The number of nitrogens with one attached hydrogen (secondary N) is 1. The van der Waals surface area contributed by atoms with Crippen molar-refractivity contribution < 1.29 is 9.53 Å². The number of rotatable bonds is 6. The Morgan fingerprint density at radius 2 is 2.23 bits per heavy atom. The Hall–Kier alpha value is -1.70. The summed E-state index contributed by atoms with van der Waals surface area (Å²) in [6.45, 7) is 2.34. The summed E-state index contributed by atoms with van der Waals surface area (Å²) in [5, 5.41) is 9.68. The average Bonchev–Trinajstić information content (AvgIpc) is 3.13. The largest absolute Gasteiger partial charge is 0.377 e. The van der Waals surface area contributed by atoms with E-state index in [0.717, 1.165) is 25.8 Å². The number of ether oxygens (including phenoxy) is 1. The van der Waals surface area contributed by atoms with Gasteiger partial charge < -0.3 is 9.72 Å². The average molecular weight is 333 g/mol. The number of aromatic nitrogens is 3. The fraction of sp³-hybridized carbons (Fsp3) is 0.267. The molecule has 0 amide bonds. The van der Waals surface area contributed by atoms with E-state index in [1.807, 2.05) is 31.2 Å². The van der Waals surface area contributed by atoms with E-state index in [9.17, 15) is 4.79 Å². The second kappa shape index (κ2) is 6.60. The van der Waals surface area contributed by atoms with E-state index in [1.54, 1.807) is 13.3 Å². The lowest BCUT2D eigenvalue weighted by Crippen LogP contribution is -2.12. The van der Waals surface area contributed by atoms with E-state index < -0.39 is 0 Å². The van der Waals surface area contributed by atoms with Crippen LogP contribution in [0.3, 0.4) is 0 Å². The first-order valence-corrected chi connectivity index (χ1v) is 8.47. The van der Waals surface area contributed by atoms with Crippen molar-refractivity contribution in [2.24, 2.45) is 0 Å². The minimum Gasteiger partial charge on any atom is -0.377 e. The number of aromatic amines is 1. The van der Waals surface area contributed by atoms with Crippen LogP contribution < -0.4 is 0 Å². The number of para-hydroxylation sites is 1. The Morgan fingerprint density at radius 3 is 3.05 bits per heavy atom. The van der Waals surface area contributed by atoms with E-state index in [0.29, 0.717) is 6.61 Å². The van der Waals surface area contributed by atoms with Crippen molar-refractivity contribution in [2.45, 2.75) is 23.1 Å². The van der Waals surface area contributed by atoms with E-state index in [2.05, 4.69) is 15.2 Å². The van der Waals surface area contributed by atoms with Gasteiger partial charge in [0.25, 0.3) is 0 Å². The third-order valence-corrected chi connectivity index (χ3v) is 5.30. The number of hydrogen-bond donors (Lipinski definition) is 1. The molecule has 1 N–H and O–H groups in total. The fourth-order valence-corrected chi connectivity index (χ4v) is 4.25. The van der Waals surface area contributed by atoms with Crippen molar-refractivity contribution in [1.29, 1.82) is 0 Å². The molecular weight excluding hydrogens is 318 g/mol. The third kappa shape index (κ3) is 3.06. The fourth-order valence-electron chi connectivity index (χ4n) is 2.17. The summed E-state index contributed by atoms with van der Waals surface area (Å²) in [5.74, 6) is 0.0888. The molecule has 0 radical (unpaired) electrons. The highest BCUT2D eigenvalue weighted by atomic mass is 32.2. The summed E-state index contributed by atoms with van der Waals surface area (Å²) in [5.41, 5.74) is 1.69. The van der Waals surface area contributed by atoms with Gasteiger partial charge in [-0.05, 0) is 13.0 Å².